The second-order valence-electron chi connectivity index (χ2n) is 2.64. The van der Waals surface area contributed by atoms with Gasteiger partial charge in [-0.2, -0.15) is 0 Å². The van der Waals surface area contributed by atoms with Crippen molar-refractivity contribution in [1.82, 2.24) is 5.32 Å². The minimum absolute atomic E-state index is 0.169. The fourth-order valence-corrected chi connectivity index (χ4v) is 0.783. The number of ether oxygens (including phenoxy) is 1. The molecule has 0 fully saturated rings. The summed E-state index contributed by atoms with van der Waals surface area (Å²) in [5.74, 6) is -0.607. The van der Waals surface area contributed by atoms with Crippen molar-refractivity contribution >= 4 is 11.9 Å². The van der Waals surface area contributed by atoms with Crippen LogP contribution in [0.1, 0.15) is 19.8 Å². The Kier molecular flexibility index (Phi) is 5.59. The van der Waals surface area contributed by atoms with Gasteiger partial charge in [0.25, 0.3) is 0 Å². The molecule has 0 aromatic carbocycles. The standard InChI is InChI=1S/C9H15NO3/c1-4-5-6-8(11)10-7(2)9(12)13-3/h4,7H,1,5-6H2,2-3H3,(H,10,11)/t7-/m0/s1. The third-order valence-corrected chi connectivity index (χ3v) is 1.51. The van der Waals surface area contributed by atoms with E-state index in [2.05, 4.69) is 16.6 Å². The molecule has 0 aromatic heterocycles. The fourth-order valence-electron chi connectivity index (χ4n) is 0.783. The van der Waals surface area contributed by atoms with Crippen LogP contribution in [-0.4, -0.2) is 25.0 Å². The maximum Gasteiger partial charge on any atom is 0.328 e. The zero-order valence-electron chi connectivity index (χ0n) is 8.00. The molecule has 4 nitrogen and oxygen atoms in total. The van der Waals surface area contributed by atoms with Crippen LogP contribution in [0.25, 0.3) is 0 Å². The number of carbonyl (C=O) groups is 2. The van der Waals surface area contributed by atoms with Crippen molar-refractivity contribution in [3.63, 3.8) is 0 Å². The first-order chi connectivity index (χ1) is 6.11. The zero-order valence-corrected chi connectivity index (χ0v) is 8.00. The van der Waals surface area contributed by atoms with Gasteiger partial charge in [-0.1, -0.05) is 6.08 Å². The van der Waals surface area contributed by atoms with Gasteiger partial charge in [0.2, 0.25) is 5.91 Å². The normalized spacial score (nSPS) is 11.5. The Hall–Kier alpha value is -1.32. The molecule has 0 aliphatic heterocycles. The zero-order chi connectivity index (χ0) is 10.3. The van der Waals surface area contributed by atoms with Crippen molar-refractivity contribution < 1.29 is 14.3 Å². The van der Waals surface area contributed by atoms with Gasteiger partial charge in [0.1, 0.15) is 6.04 Å². The Bertz CT molecular complexity index is 201. The molecule has 0 spiro atoms. The molecule has 0 unspecified atom stereocenters. The second-order valence-corrected chi connectivity index (χ2v) is 2.64. The molecule has 13 heavy (non-hydrogen) atoms. The fraction of sp³-hybridized carbons (Fsp3) is 0.556. The molecule has 4 heteroatoms. The number of esters is 1. The van der Waals surface area contributed by atoms with Gasteiger partial charge in [-0.05, 0) is 13.3 Å². The molecule has 0 aromatic rings. The number of nitrogens with one attached hydrogen (secondary N) is 1. The number of hydrogen-bond donors (Lipinski definition) is 1. The Morgan fingerprint density at radius 1 is 1.62 bits per heavy atom. The summed E-state index contributed by atoms with van der Waals surface area (Å²) >= 11 is 0. The Morgan fingerprint density at radius 2 is 2.23 bits per heavy atom. The third-order valence-electron chi connectivity index (χ3n) is 1.51. The van der Waals surface area contributed by atoms with Crippen LogP contribution in [-0.2, 0) is 14.3 Å². The Balaban J connectivity index is 3.77. The van der Waals surface area contributed by atoms with Gasteiger partial charge in [-0.25, -0.2) is 4.79 Å². The molecule has 0 aliphatic rings. The van der Waals surface area contributed by atoms with E-state index in [1.54, 1.807) is 13.0 Å². The monoisotopic (exact) mass is 185 g/mol. The van der Waals surface area contributed by atoms with Crippen molar-refractivity contribution in [1.29, 1.82) is 0 Å². The van der Waals surface area contributed by atoms with Crippen molar-refractivity contribution in [2.45, 2.75) is 25.8 Å². The highest BCUT2D eigenvalue weighted by molar-refractivity contribution is 5.84. The lowest BCUT2D eigenvalue weighted by Crippen LogP contribution is -2.38. The van der Waals surface area contributed by atoms with Crippen LogP contribution in [0.4, 0.5) is 0 Å². The first kappa shape index (κ1) is 11.7. The number of methoxy groups -OCH3 is 1. The molecule has 0 heterocycles. The summed E-state index contributed by atoms with van der Waals surface area (Å²) in [6, 6.07) is -0.581. The van der Waals surface area contributed by atoms with Crippen LogP contribution in [0.3, 0.4) is 0 Å². The van der Waals surface area contributed by atoms with Crippen molar-refractivity contribution in [2.75, 3.05) is 7.11 Å². The summed E-state index contributed by atoms with van der Waals surface area (Å²) in [4.78, 5) is 21.9. The second kappa shape index (κ2) is 6.22. The first-order valence-electron chi connectivity index (χ1n) is 4.10. The minimum Gasteiger partial charge on any atom is -0.467 e. The van der Waals surface area contributed by atoms with E-state index >= 15 is 0 Å². The summed E-state index contributed by atoms with van der Waals surface area (Å²) in [5, 5.41) is 2.50. The van der Waals surface area contributed by atoms with Crippen LogP contribution in [0.2, 0.25) is 0 Å². The Labute approximate surface area is 78.0 Å². The molecule has 0 aliphatic carbocycles. The quantitative estimate of drug-likeness (QED) is 0.505. The number of amides is 1. The largest absolute Gasteiger partial charge is 0.467 e. The van der Waals surface area contributed by atoms with E-state index in [1.807, 2.05) is 0 Å². The Morgan fingerprint density at radius 3 is 2.69 bits per heavy atom. The molecular formula is C9H15NO3. The molecule has 0 saturated carbocycles. The minimum atomic E-state index is -0.581. The summed E-state index contributed by atoms with van der Waals surface area (Å²) in [6.45, 7) is 5.07. The van der Waals surface area contributed by atoms with Gasteiger partial charge in [-0.15, -0.1) is 6.58 Å². The SMILES string of the molecule is C=CCCC(=O)N[C@@H](C)C(=O)OC. The van der Waals surface area contributed by atoms with E-state index < -0.39 is 12.0 Å². The predicted molar refractivity (Wildman–Crippen MR) is 49.1 cm³/mol. The first-order valence-corrected chi connectivity index (χ1v) is 4.10. The number of hydrogen-bond acceptors (Lipinski definition) is 3. The van der Waals surface area contributed by atoms with E-state index in [0.29, 0.717) is 12.8 Å². The summed E-state index contributed by atoms with van der Waals surface area (Å²) in [6.07, 6.45) is 2.62. The number of rotatable bonds is 5. The lowest BCUT2D eigenvalue weighted by Gasteiger charge is -2.10. The smallest absolute Gasteiger partial charge is 0.328 e. The van der Waals surface area contributed by atoms with Gasteiger partial charge >= 0.3 is 5.97 Å². The van der Waals surface area contributed by atoms with E-state index in [0.717, 1.165) is 0 Å². The van der Waals surface area contributed by atoms with Gasteiger partial charge in [0, 0.05) is 6.42 Å². The highest BCUT2D eigenvalue weighted by atomic mass is 16.5. The maximum absolute atomic E-state index is 11.1. The van der Waals surface area contributed by atoms with Crippen molar-refractivity contribution in [3.05, 3.63) is 12.7 Å². The molecule has 0 bridgehead atoms. The van der Waals surface area contributed by atoms with E-state index in [9.17, 15) is 9.59 Å². The molecule has 0 radical (unpaired) electrons. The van der Waals surface area contributed by atoms with Crippen LogP contribution in [0.15, 0.2) is 12.7 Å². The van der Waals surface area contributed by atoms with Crippen LogP contribution in [0, 0.1) is 0 Å². The van der Waals surface area contributed by atoms with Crippen LogP contribution < -0.4 is 5.32 Å². The van der Waals surface area contributed by atoms with Crippen LogP contribution >= 0.6 is 0 Å². The highest BCUT2D eigenvalue weighted by Gasteiger charge is 2.14. The van der Waals surface area contributed by atoms with E-state index in [4.69, 9.17) is 0 Å². The molecular weight excluding hydrogens is 170 g/mol. The molecule has 0 rings (SSSR count). The lowest BCUT2D eigenvalue weighted by molar-refractivity contribution is -0.144. The highest BCUT2D eigenvalue weighted by Crippen LogP contribution is 1.92. The third kappa shape index (κ3) is 5.00. The number of carbonyl (C=O) groups excluding carboxylic acids is 2. The van der Waals surface area contributed by atoms with Crippen molar-refractivity contribution in [3.8, 4) is 0 Å². The van der Waals surface area contributed by atoms with Crippen molar-refractivity contribution in [2.24, 2.45) is 0 Å². The van der Waals surface area contributed by atoms with Crippen LogP contribution in [0.5, 0.6) is 0 Å². The van der Waals surface area contributed by atoms with Gasteiger partial charge in [0.15, 0.2) is 0 Å². The maximum atomic E-state index is 11.1. The molecule has 1 N–H and O–H groups in total. The molecule has 74 valence electrons. The van der Waals surface area contributed by atoms with E-state index in [-0.39, 0.29) is 5.91 Å². The average Bonchev–Trinajstić information content (AvgIpc) is 2.13. The van der Waals surface area contributed by atoms with Gasteiger partial charge in [0.05, 0.1) is 7.11 Å². The average molecular weight is 185 g/mol. The molecule has 0 saturated heterocycles. The predicted octanol–water partition coefficient (Wildman–Crippen LogP) is 0.630. The van der Waals surface area contributed by atoms with E-state index in [1.165, 1.54) is 7.11 Å². The lowest BCUT2D eigenvalue weighted by atomic mass is 10.2. The number of allylic oxidation sites excluding steroid dienone is 1. The molecule has 1 atom stereocenters. The summed E-state index contributed by atoms with van der Waals surface area (Å²) in [7, 11) is 1.29. The topological polar surface area (TPSA) is 55.4 Å². The molecule has 1 amide bonds. The summed E-state index contributed by atoms with van der Waals surface area (Å²) < 4.78 is 4.44. The van der Waals surface area contributed by atoms with Gasteiger partial charge in [-0.3, -0.25) is 4.79 Å². The summed E-state index contributed by atoms with van der Waals surface area (Å²) in [5.41, 5.74) is 0. The van der Waals surface area contributed by atoms with Gasteiger partial charge < -0.3 is 10.1 Å².